The number of halogens is 1. The normalized spacial score (nSPS) is 15.4. The van der Waals surface area contributed by atoms with Crippen molar-refractivity contribution in [3.05, 3.63) is 64.7 Å². The molecule has 1 saturated carbocycles. The van der Waals surface area contributed by atoms with Gasteiger partial charge in [0.1, 0.15) is 0 Å². The lowest BCUT2D eigenvalue weighted by Crippen LogP contribution is -2.36. The highest BCUT2D eigenvalue weighted by Crippen LogP contribution is 2.23. The first-order valence-corrected chi connectivity index (χ1v) is 11.1. The molecule has 1 aliphatic carbocycles. The van der Waals surface area contributed by atoms with Crippen molar-refractivity contribution in [3.8, 4) is 0 Å². The minimum atomic E-state index is -0.184. The van der Waals surface area contributed by atoms with Crippen LogP contribution in [0.1, 0.15) is 67.4 Å². The number of amides is 2. The van der Waals surface area contributed by atoms with Gasteiger partial charge in [-0.15, -0.1) is 0 Å². The Hall–Kier alpha value is -2.37. The summed E-state index contributed by atoms with van der Waals surface area (Å²) in [5.74, 6) is -0.346. The second kappa shape index (κ2) is 11.1. The molecule has 0 heterocycles. The number of anilines is 1. The van der Waals surface area contributed by atoms with E-state index in [9.17, 15) is 9.59 Å². The number of carbonyl (C=O) groups excluding carboxylic acids is 2. The average molecular weight is 428 g/mol. The van der Waals surface area contributed by atoms with Crippen LogP contribution in [-0.4, -0.2) is 24.4 Å². The molecule has 0 aliphatic heterocycles. The van der Waals surface area contributed by atoms with E-state index in [2.05, 4.69) is 35.0 Å². The van der Waals surface area contributed by atoms with Gasteiger partial charge in [0.15, 0.2) is 0 Å². The van der Waals surface area contributed by atoms with Gasteiger partial charge in [0.25, 0.3) is 5.91 Å². The van der Waals surface area contributed by atoms with Gasteiger partial charge in [-0.1, -0.05) is 68.1 Å². The van der Waals surface area contributed by atoms with E-state index in [1.807, 2.05) is 18.2 Å². The highest BCUT2D eigenvalue weighted by molar-refractivity contribution is 6.34. The number of benzene rings is 2. The number of hydrogen-bond donors (Lipinski definition) is 3. The first kappa shape index (κ1) is 22.3. The first-order valence-electron chi connectivity index (χ1n) is 10.8. The molecule has 160 valence electrons. The lowest BCUT2D eigenvalue weighted by atomic mass is 9.95. The van der Waals surface area contributed by atoms with Crippen LogP contribution in [0, 0.1) is 0 Å². The van der Waals surface area contributed by atoms with Crippen LogP contribution < -0.4 is 16.0 Å². The third-order valence-electron chi connectivity index (χ3n) is 5.55. The van der Waals surface area contributed by atoms with E-state index in [0.29, 0.717) is 16.3 Å². The Morgan fingerprint density at radius 3 is 2.50 bits per heavy atom. The van der Waals surface area contributed by atoms with Gasteiger partial charge >= 0.3 is 0 Å². The van der Waals surface area contributed by atoms with Gasteiger partial charge in [0.05, 0.1) is 17.1 Å². The van der Waals surface area contributed by atoms with Crippen LogP contribution >= 0.6 is 11.6 Å². The third kappa shape index (κ3) is 6.31. The van der Waals surface area contributed by atoms with Crippen molar-refractivity contribution < 1.29 is 9.59 Å². The van der Waals surface area contributed by atoms with E-state index in [-0.39, 0.29) is 30.4 Å². The Bertz CT molecular complexity index is 851. The van der Waals surface area contributed by atoms with Crippen molar-refractivity contribution in [3.63, 3.8) is 0 Å². The zero-order valence-electron chi connectivity index (χ0n) is 17.4. The standard InChI is InChI=1S/C24H30ClN3O2/c1-2-22(17-9-5-3-6-10-17)26-16-23(29)27-19-13-14-21(25)20(15-19)24(30)28-18-11-7-4-8-12-18/h3,5-6,9-10,13-15,18,22,26H,2,4,7-8,11-12,16H2,1H3,(H,27,29)(H,28,30). The van der Waals surface area contributed by atoms with Gasteiger partial charge < -0.3 is 16.0 Å². The fraction of sp³-hybridized carbons (Fsp3) is 0.417. The van der Waals surface area contributed by atoms with Gasteiger partial charge in [-0.3, -0.25) is 9.59 Å². The van der Waals surface area contributed by atoms with Crippen LogP contribution in [0.5, 0.6) is 0 Å². The van der Waals surface area contributed by atoms with Crippen LogP contribution in [-0.2, 0) is 4.79 Å². The van der Waals surface area contributed by atoms with E-state index in [1.54, 1.807) is 18.2 Å². The van der Waals surface area contributed by atoms with Gasteiger partial charge in [0.2, 0.25) is 5.91 Å². The lowest BCUT2D eigenvalue weighted by Gasteiger charge is -2.23. The maximum Gasteiger partial charge on any atom is 0.253 e. The fourth-order valence-electron chi connectivity index (χ4n) is 3.89. The molecule has 1 aliphatic rings. The van der Waals surface area contributed by atoms with E-state index < -0.39 is 0 Å². The van der Waals surface area contributed by atoms with E-state index in [1.165, 1.54) is 6.42 Å². The Kier molecular flexibility index (Phi) is 8.29. The van der Waals surface area contributed by atoms with Crippen molar-refractivity contribution in [1.82, 2.24) is 10.6 Å². The summed E-state index contributed by atoms with van der Waals surface area (Å²) in [6.07, 6.45) is 6.40. The van der Waals surface area contributed by atoms with Crippen molar-refractivity contribution in [1.29, 1.82) is 0 Å². The number of rotatable bonds is 8. The molecule has 3 rings (SSSR count). The van der Waals surface area contributed by atoms with Gasteiger partial charge in [-0.25, -0.2) is 0 Å². The summed E-state index contributed by atoms with van der Waals surface area (Å²) in [6, 6.07) is 15.4. The molecule has 2 aromatic rings. The molecule has 2 amide bonds. The largest absolute Gasteiger partial charge is 0.349 e. The molecule has 0 spiro atoms. The molecule has 5 nitrogen and oxygen atoms in total. The highest BCUT2D eigenvalue weighted by atomic mass is 35.5. The predicted molar refractivity (Wildman–Crippen MR) is 122 cm³/mol. The summed E-state index contributed by atoms with van der Waals surface area (Å²) in [5.41, 5.74) is 2.11. The topological polar surface area (TPSA) is 70.2 Å². The summed E-state index contributed by atoms with van der Waals surface area (Å²) in [5, 5.41) is 9.61. The molecular weight excluding hydrogens is 398 g/mol. The highest BCUT2D eigenvalue weighted by Gasteiger charge is 2.19. The smallest absolute Gasteiger partial charge is 0.253 e. The summed E-state index contributed by atoms with van der Waals surface area (Å²) >= 11 is 6.25. The third-order valence-corrected chi connectivity index (χ3v) is 5.88. The summed E-state index contributed by atoms with van der Waals surface area (Å²) < 4.78 is 0. The quantitative estimate of drug-likeness (QED) is 0.550. The van der Waals surface area contributed by atoms with Crippen molar-refractivity contribution in [2.24, 2.45) is 0 Å². The summed E-state index contributed by atoms with van der Waals surface area (Å²) in [4.78, 5) is 25.1. The van der Waals surface area contributed by atoms with Crippen LogP contribution in [0.4, 0.5) is 5.69 Å². The molecule has 1 atom stereocenters. The second-order valence-corrected chi connectivity index (χ2v) is 8.21. The van der Waals surface area contributed by atoms with Crippen molar-refractivity contribution >= 4 is 29.1 Å². The zero-order valence-corrected chi connectivity index (χ0v) is 18.2. The molecular formula is C24H30ClN3O2. The predicted octanol–water partition coefficient (Wildman–Crippen LogP) is 5.08. The van der Waals surface area contributed by atoms with E-state index >= 15 is 0 Å². The van der Waals surface area contributed by atoms with Gasteiger partial charge in [-0.05, 0) is 43.0 Å². The van der Waals surface area contributed by atoms with Crippen LogP contribution in [0.15, 0.2) is 48.5 Å². The first-order chi connectivity index (χ1) is 14.6. The lowest BCUT2D eigenvalue weighted by molar-refractivity contribution is -0.115. The Morgan fingerprint density at radius 2 is 1.80 bits per heavy atom. The fourth-order valence-corrected chi connectivity index (χ4v) is 4.09. The van der Waals surface area contributed by atoms with Crippen LogP contribution in [0.25, 0.3) is 0 Å². The van der Waals surface area contributed by atoms with Crippen LogP contribution in [0.3, 0.4) is 0 Å². The maximum absolute atomic E-state index is 12.7. The van der Waals surface area contributed by atoms with Crippen molar-refractivity contribution in [2.45, 2.75) is 57.5 Å². The number of hydrogen-bond acceptors (Lipinski definition) is 3. The molecule has 0 saturated heterocycles. The van der Waals surface area contributed by atoms with E-state index in [4.69, 9.17) is 11.6 Å². The van der Waals surface area contributed by atoms with E-state index in [0.717, 1.165) is 37.7 Å². The molecule has 0 radical (unpaired) electrons. The van der Waals surface area contributed by atoms with Gasteiger partial charge in [-0.2, -0.15) is 0 Å². The number of nitrogens with one attached hydrogen (secondary N) is 3. The molecule has 1 unspecified atom stereocenters. The molecule has 6 heteroatoms. The molecule has 1 fully saturated rings. The Morgan fingerprint density at radius 1 is 1.07 bits per heavy atom. The number of carbonyl (C=O) groups is 2. The molecule has 30 heavy (non-hydrogen) atoms. The summed E-state index contributed by atoms with van der Waals surface area (Å²) in [7, 11) is 0. The van der Waals surface area contributed by atoms with Crippen LogP contribution in [0.2, 0.25) is 5.02 Å². The monoisotopic (exact) mass is 427 g/mol. The SMILES string of the molecule is CCC(NCC(=O)Nc1ccc(Cl)c(C(=O)NC2CCCCC2)c1)c1ccccc1. The molecule has 0 bridgehead atoms. The minimum Gasteiger partial charge on any atom is -0.349 e. The summed E-state index contributed by atoms with van der Waals surface area (Å²) in [6.45, 7) is 2.26. The Balaban J connectivity index is 1.57. The maximum atomic E-state index is 12.7. The average Bonchev–Trinajstić information content (AvgIpc) is 2.77. The van der Waals surface area contributed by atoms with Gasteiger partial charge in [0, 0.05) is 17.8 Å². The second-order valence-electron chi connectivity index (χ2n) is 7.80. The molecule has 0 aromatic heterocycles. The molecule has 3 N–H and O–H groups in total. The zero-order chi connectivity index (χ0) is 21.3. The minimum absolute atomic E-state index is 0.110. The molecule has 2 aromatic carbocycles. The van der Waals surface area contributed by atoms with Crippen molar-refractivity contribution in [2.75, 3.05) is 11.9 Å². The Labute approximate surface area is 183 Å².